The molecule has 11 heteroatoms. The van der Waals surface area contributed by atoms with Gasteiger partial charge in [-0.2, -0.15) is 0 Å². The van der Waals surface area contributed by atoms with Gasteiger partial charge in [0, 0.05) is 49.7 Å². The Hall–Kier alpha value is -2.79. The standard InChI is InChI=1S/C21H22FN3O5S2/c1-13(26)24-18(21(28)29)12-31-32-17-8-20(27)25(11-17)10-14-2-7-19(23-9-14)30-16-5-3-15(22)4-6-16/h2-7,9,17-18H,8,10-12H2,1H3,(H,24,26)(H,28,29)/t17-,18+/m1/s1. The van der Waals surface area contributed by atoms with Gasteiger partial charge in [0.05, 0.1) is 0 Å². The molecule has 2 amide bonds. The van der Waals surface area contributed by atoms with Crippen LogP contribution < -0.4 is 10.1 Å². The first-order chi connectivity index (χ1) is 15.3. The number of carbonyl (C=O) groups is 3. The van der Waals surface area contributed by atoms with Crippen LogP contribution in [0.2, 0.25) is 0 Å². The maximum atomic E-state index is 13.0. The number of aliphatic carboxylic acids is 1. The summed E-state index contributed by atoms with van der Waals surface area (Å²) in [6.07, 6.45) is 2.00. The number of nitrogens with zero attached hydrogens (tertiary/aromatic N) is 2. The van der Waals surface area contributed by atoms with E-state index in [9.17, 15) is 18.8 Å². The number of carbonyl (C=O) groups excluding carboxylic acids is 2. The van der Waals surface area contributed by atoms with Crippen molar-refractivity contribution in [1.82, 2.24) is 15.2 Å². The molecule has 32 heavy (non-hydrogen) atoms. The summed E-state index contributed by atoms with van der Waals surface area (Å²) in [4.78, 5) is 40.6. The monoisotopic (exact) mass is 479 g/mol. The molecule has 1 aromatic carbocycles. The average Bonchev–Trinajstić information content (AvgIpc) is 3.09. The van der Waals surface area contributed by atoms with Crippen LogP contribution in [0, 0.1) is 5.82 Å². The van der Waals surface area contributed by atoms with Crippen LogP contribution in [0.15, 0.2) is 42.6 Å². The number of carboxylic acid groups (broad SMARTS) is 1. The molecule has 8 nitrogen and oxygen atoms in total. The quantitative estimate of drug-likeness (QED) is 0.501. The summed E-state index contributed by atoms with van der Waals surface area (Å²) in [5.41, 5.74) is 0.847. The Bertz CT molecular complexity index is 959. The van der Waals surface area contributed by atoms with Crippen molar-refractivity contribution in [2.45, 2.75) is 31.2 Å². The molecule has 0 unspecified atom stereocenters. The first kappa shape index (κ1) is 23.9. The van der Waals surface area contributed by atoms with E-state index in [-0.39, 0.29) is 22.7 Å². The van der Waals surface area contributed by atoms with Crippen LogP contribution in [-0.4, -0.2) is 56.4 Å². The zero-order valence-corrected chi connectivity index (χ0v) is 18.8. The van der Waals surface area contributed by atoms with Crippen molar-refractivity contribution < 1.29 is 28.6 Å². The summed E-state index contributed by atoms with van der Waals surface area (Å²) < 4.78 is 18.5. The zero-order valence-electron chi connectivity index (χ0n) is 17.2. The van der Waals surface area contributed by atoms with Gasteiger partial charge >= 0.3 is 5.97 Å². The normalized spacial score (nSPS) is 16.6. The van der Waals surface area contributed by atoms with Crippen molar-refractivity contribution in [2.75, 3.05) is 12.3 Å². The molecule has 1 saturated heterocycles. The Balaban J connectivity index is 1.46. The number of hydrogen-bond acceptors (Lipinski definition) is 7. The highest BCUT2D eigenvalue weighted by molar-refractivity contribution is 8.77. The second-order valence-corrected chi connectivity index (χ2v) is 9.85. The highest BCUT2D eigenvalue weighted by Crippen LogP contribution is 2.34. The lowest BCUT2D eigenvalue weighted by atomic mass is 10.2. The summed E-state index contributed by atoms with van der Waals surface area (Å²) in [7, 11) is 2.79. The van der Waals surface area contributed by atoms with E-state index < -0.39 is 17.9 Å². The maximum absolute atomic E-state index is 13.0. The zero-order chi connectivity index (χ0) is 23.1. The molecule has 0 radical (unpaired) electrons. The van der Waals surface area contributed by atoms with Gasteiger partial charge in [0.25, 0.3) is 0 Å². The highest BCUT2D eigenvalue weighted by Gasteiger charge is 2.30. The Kier molecular flexibility index (Phi) is 8.34. The fourth-order valence-corrected chi connectivity index (χ4v) is 5.68. The van der Waals surface area contributed by atoms with E-state index in [0.29, 0.717) is 31.1 Å². The van der Waals surface area contributed by atoms with Crippen molar-refractivity contribution in [3.05, 3.63) is 54.0 Å². The molecule has 1 aliphatic heterocycles. The van der Waals surface area contributed by atoms with Gasteiger partial charge in [0.15, 0.2) is 0 Å². The van der Waals surface area contributed by atoms with Gasteiger partial charge in [-0.1, -0.05) is 27.7 Å². The van der Waals surface area contributed by atoms with Gasteiger partial charge in [-0.15, -0.1) is 0 Å². The Morgan fingerprint density at radius 1 is 1.31 bits per heavy atom. The summed E-state index contributed by atoms with van der Waals surface area (Å²) in [6.45, 7) is 2.23. The van der Waals surface area contributed by atoms with Crippen molar-refractivity contribution in [2.24, 2.45) is 0 Å². The molecule has 2 aromatic rings. The van der Waals surface area contributed by atoms with Crippen LogP contribution in [0.1, 0.15) is 18.9 Å². The third-order valence-corrected chi connectivity index (χ3v) is 7.33. The molecule has 2 atom stereocenters. The molecule has 2 heterocycles. The third kappa shape index (κ3) is 7.13. The van der Waals surface area contributed by atoms with Gasteiger partial charge in [-0.25, -0.2) is 14.2 Å². The molecule has 0 spiro atoms. The predicted octanol–water partition coefficient (Wildman–Crippen LogP) is 3.08. The molecule has 1 aliphatic rings. The number of benzene rings is 1. The molecule has 170 valence electrons. The number of nitrogens with one attached hydrogen (secondary N) is 1. The average molecular weight is 480 g/mol. The van der Waals surface area contributed by atoms with E-state index in [1.807, 2.05) is 6.07 Å². The van der Waals surface area contributed by atoms with Gasteiger partial charge in [-0.3, -0.25) is 9.59 Å². The first-order valence-corrected chi connectivity index (χ1v) is 12.1. The lowest BCUT2D eigenvalue weighted by Crippen LogP contribution is -2.41. The fourth-order valence-electron chi connectivity index (χ4n) is 2.99. The minimum Gasteiger partial charge on any atom is -0.480 e. The van der Waals surface area contributed by atoms with Crippen LogP contribution in [0.25, 0.3) is 0 Å². The number of aromatic nitrogens is 1. The topological polar surface area (TPSA) is 109 Å². The number of pyridine rings is 1. The van der Waals surface area contributed by atoms with Gasteiger partial charge < -0.3 is 20.1 Å². The second-order valence-electron chi connectivity index (χ2n) is 7.13. The Labute approximate surface area is 192 Å². The van der Waals surface area contributed by atoms with Gasteiger partial charge in [0.1, 0.15) is 17.6 Å². The van der Waals surface area contributed by atoms with Crippen LogP contribution in [0.3, 0.4) is 0 Å². The Morgan fingerprint density at radius 3 is 2.69 bits per heavy atom. The van der Waals surface area contributed by atoms with Crippen LogP contribution >= 0.6 is 21.6 Å². The number of hydrogen-bond donors (Lipinski definition) is 2. The summed E-state index contributed by atoms with van der Waals surface area (Å²) in [6, 6.07) is 8.18. The minimum absolute atomic E-state index is 0.0198. The van der Waals surface area contributed by atoms with Crippen LogP contribution in [0.4, 0.5) is 4.39 Å². The molecular weight excluding hydrogens is 457 g/mol. The number of ether oxygens (including phenoxy) is 1. The SMILES string of the molecule is CC(=O)N[C@@H](CSS[C@@H]1CC(=O)N(Cc2ccc(Oc3ccc(F)cc3)nc2)C1)C(=O)O. The van der Waals surface area contributed by atoms with E-state index in [4.69, 9.17) is 9.84 Å². The lowest BCUT2D eigenvalue weighted by molar-refractivity contribution is -0.140. The largest absolute Gasteiger partial charge is 0.480 e. The molecule has 0 aliphatic carbocycles. The molecule has 2 N–H and O–H groups in total. The van der Waals surface area contributed by atoms with E-state index in [1.165, 1.54) is 52.8 Å². The predicted molar refractivity (Wildman–Crippen MR) is 120 cm³/mol. The van der Waals surface area contributed by atoms with Crippen molar-refractivity contribution >= 4 is 39.4 Å². The fraction of sp³-hybridized carbons (Fsp3) is 0.333. The number of carboxylic acids is 1. The molecule has 0 saturated carbocycles. The van der Waals surface area contributed by atoms with E-state index in [1.54, 1.807) is 17.2 Å². The molecule has 0 bridgehead atoms. The van der Waals surface area contributed by atoms with E-state index in [2.05, 4.69) is 10.3 Å². The number of rotatable bonds is 10. The third-order valence-electron chi connectivity index (χ3n) is 4.50. The smallest absolute Gasteiger partial charge is 0.327 e. The first-order valence-electron chi connectivity index (χ1n) is 9.74. The van der Waals surface area contributed by atoms with Crippen molar-refractivity contribution in [3.8, 4) is 11.6 Å². The van der Waals surface area contributed by atoms with Gasteiger partial charge in [-0.05, 0) is 29.8 Å². The van der Waals surface area contributed by atoms with E-state index >= 15 is 0 Å². The summed E-state index contributed by atoms with van der Waals surface area (Å²) in [5, 5.41) is 11.6. The van der Waals surface area contributed by atoms with E-state index in [0.717, 1.165) is 5.56 Å². The molecular formula is C21H22FN3O5S2. The van der Waals surface area contributed by atoms with Crippen molar-refractivity contribution in [3.63, 3.8) is 0 Å². The lowest BCUT2D eigenvalue weighted by Gasteiger charge is -2.17. The minimum atomic E-state index is -1.09. The van der Waals surface area contributed by atoms with Crippen LogP contribution in [0.5, 0.6) is 11.6 Å². The summed E-state index contributed by atoms with van der Waals surface area (Å²) >= 11 is 0. The second kappa shape index (κ2) is 11.2. The molecule has 1 fully saturated rings. The van der Waals surface area contributed by atoms with Gasteiger partial charge in [0.2, 0.25) is 17.7 Å². The number of halogens is 1. The Morgan fingerprint density at radius 2 is 2.06 bits per heavy atom. The number of amides is 2. The molecule has 3 rings (SSSR count). The number of likely N-dealkylation sites (tertiary alicyclic amines) is 1. The molecule has 1 aromatic heterocycles. The maximum Gasteiger partial charge on any atom is 0.327 e. The summed E-state index contributed by atoms with van der Waals surface area (Å²) in [5.74, 6) is -0.757. The van der Waals surface area contributed by atoms with Crippen LogP contribution in [-0.2, 0) is 20.9 Å². The van der Waals surface area contributed by atoms with Crippen molar-refractivity contribution in [1.29, 1.82) is 0 Å². The highest BCUT2D eigenvalue weighted by atomic mass is 33.1.